The molecule has 8 aromatic heterocycles. The lowest BCUT2D eigenvalue weighted by Crippen LogP contribution is -1.98. The lowest BCUT2D eigenvalue weighted by atomic mass is 9.92. The van der Waals surface area contributed by atoms with E-state index in [1.54, 1.807) is 6.20 Å². The van der Waals surface area contributed by atoms with E-state index in [-0.39, 0.29) is 7.43 Å². The normalized spacial score (nSPS) is 11.6. The lowest BCUT2D eigenvalue weighted by molar-refractivity contribution is 1.11. The minimum Gasteiger partial charge on any atom is -0.309 e. The van der Waals surface area contributed by atoms with Crippen LogP contribution in [0.25, 0.3) is 232 Å². The standard InChI is InChI=1S/C65H42N6.C50H31N3.CH4/c1-5-16-44(17-6-1)59-56-42-55-52(30-29-51-40-50(33-36-54(51)55)43-25-27-45(28-26-43)61-64(49-22-11-4-12-23-49)70-39-15-37-66-65(70)68-61)41-57(56)71(62(59)47-18-7-2-8-19-47)53-34-31-46(32-35-53)60-63(48-20-9-3-10-21-48)69-38-14-13-24-58(69)67-60;1-3-11-33(12-4-1)46-47-44-24-21-38-28-37(40-29-39-18-17-34-16-9-27-51-48(34)49(39)52-31-40)20-23-42(38)43(44)25-26-45(47)53(50(46)35-13-5-2-6-14-35)41-22-19-32-10-7-8-15-36(32)30-41;/h1-42H;1-31H;1H4. The summed E-state index contributed by atoms with van der Waals surface area (Å²) in [6.45, 7) is 0. The van der Waals surface area contributed by atoms with Crippen LogP contribution in [-0.4, -0.2) is 42.9 Å². The zero-order valence-corrected chi connectivity index (χ0v) is 67.2. The molecule has 0 fully saturated rings. The van der Waals surface area contributed by atoms with Gasteiger partial charge in [-0.15, -0.1) is 0 Å². The Morgan fingerprint density at radius 3 is 1.35 bits per heavy atom. The van der Waals surface area contributed by atoms with Crippen LogP contribution >= 0.6 is 0 Å². The van der Waals surface area contributed by atoms with E-state index in [4.69, 9.17) is 15.0 Å². The first-order valence-corrected chi connectivity index (χ1v) is 42.1. The number of rotatable bonds is 12. The van der Waals surface area contributed by atoms with E-state index in [2.05, 4.69) is 422 Å². The quantitative estimate of drug-likeness (QED) is 0.114. The predicted molar refractivity (Wildman–Crippen MR) is 521 cm³/mol. The summed E-state index contributed by atoms with van der Waals surface area (Å²) in [4.78, 5) is 24.3. The Labute approximate surface area is 721 Å². The molecule has 0 bridgehead atoms. The zero-order valence-electron chi connectivity index (χ0n) is 67.2. The van der Waals surface area contributed by atoms with E-state index in [1.165, 1.54) is 104 Å². The van der Waals surface area contributed by atoms with E-state index in [9.17, 15) is 0 Å². The maximum Gasteiger partial charge on any atom is 0.234 e. The van der Waals surface area contributed by atoms with Gasteiger partial charge in [-0.1, -0.05) is 335 Å². The van der Waals surface area contributed by atoms with Crippen molar-refractivity contribution >= 4 is 109 Å². The Balaban J connectivity index is 0.000000149. The number of nitrogens with zero attached hydrogens (tertiary/aromatic N) is 9. The molecule has 25 rings (SSSR count). The summed E-state index contributed by atoms with van der Waals surface area (Å²) in [6, 6.07) is 149. The van der Waals surface area contributed by atoms with Gasteiger partial charge in [0.05, 0.1) is 56.2 Å². The van der Waals surface area contributed by atoms with Crippen LogP contribution < -0.4 is 0 Å². The van der Waals surface area contributed by atoms with Gasteiger partial charge in [0.2, 0.25) is 5.78 Å². The molecule has 0 unspecified atom stereocenters. The molecule has 0 aliphatic heterocycles. The van der Waals surface area contributed by atoms with Gasteiger partial charge in [-0.2, -0.15) is 0 Å². The highest BCUT2D eigenvalue weighted by molar-refractivity contribution is 6.24. The van der Waals surface area contributed by atoms with Gasteiger partial charge in [0.15, 0.2) is 0 Å². The Bertz CT molecular complexity index is 8490. The smallest absolute Gasteiger partial charge is 0.234 e. The van der Waals surface area contributed by atoms with Gasteiger partial charge in [-0.3, -0.25) is 18.8 Å². The lowest BCUT2D eigenvalue weighted by Gasteiger charge is -2.14. The van der Waals surface area contributed by atoms with Crippen LogP contribution in [0.5, 0.6) is 0 Å². The highest BCUT2D eigenvalue weighted by Gasteiger charge is 2.28. The fourth-order valence-corrected chi connectivity index (χ4v) is 19.0. The Morgan fingerprint density at radius 2 is 0.672 bits per heavy atom. The van der Waals surface area contributed by atoms with Gasteiger partial charge in [-0.25, -0.2) is 15.0 Å². The number of aromatic nitrogens is 9. The fourth-order valence-electron chi connectivity index (χ4n) is 19.0. The monoisotopic (exact) mass is 1600 g/mol. The molecule has 0 radical (unpaired) electrons. The Kier molecular flexibility index (Phi) is 17.9. The zero-order chi connectivity index (χ0) is 81.7. The van der Waals surface area contributed by atoms with Crippen molar-refractivity contribution in [3.8, 4) is 123 Å². The topological polar surface area (TPSA) is 83.1 Å². The summed E-state index contributed by atoms with van der Waals surface area (Å²) in [5.74, 6) is 0.681. The largest absolute Gasteiger partial charge is 0.309 e. The van der Waals surface area contributed by atoms with Crippen molar-refractivity contribution in [1.82, 2.24) is 42.9 Å². The second-order valence-electron chi connectivity index (χ2n) is 31.9. The second kappa shape index (κ2) is 30.5. The SMILES string of the molecule is C.c1ccc(-c2c(-c3ccccc3)n(-c3ccc(-c4nc5ccccn5c4-c4ccccc4)cc3)c3cc4ccc5cc(-c6ccc(-c7nc8ncccn8c7-c7ccccc7)cc6)ccc5c4cc23)cc1.c1ccc(-c2c(-c3ccccc3)n(-c3ccc4ccccc4c3)c3ccc4c5ccc(-c6cnc7c(ccc8cccnc87)c6)cc5ccc4c23)cc1. The summed E-state index contributed by atoms with van der Waals surface area (Å²) in [5.41, 5.74) is 29.7. The predicted octanol–water partition coefficient (Wildman–Crippen LogP) is 30.1. The molecule has 125 heavy (non-hydrogen) atoms. The minimum absolute atomic E-state index is 0. The Hall–Kier alpha value is -16.8. The van der Waals surface area contributed by atoms with E-state index in [0.717, 1.165) is 123 Å². The molecule has 8 heterocycles. The van der Waals surface area contributed by atoms with Crippen LogP contribution in [0, 0.1) is 0 Å². The third-order valence-corrected chi connectivity index (χ3v) is 24.8. The molecular formula is C116H77N9. The van der Waals surface area contributed by atoms with Crippen molar-refractivity contribution in [2.45, 2.75) is 7.43 Å². The molecule has 25 aromatic rings. The van der Waals surface area contributed by atoms with Crippen LogP contribution in [0.15, 0.2) is 443 Å². The first kappa shape index (κ1) is 73.4. The third kappa shape index (κ3) is 12.6. The number of imidazole rings is 2. The minimum atomic E-state index is 0. The van der Waals surface area contributed by atoms with E-state index in [0.29, 0.717) is 5.78 Å². The summed E-state index contributed by atoms with van der Waals surface area (Å²) in [7, 11) is 0. The summed E-state index contributed by atoms with van der Waals surface area (Å²) in [6.07, 6.45) is 9.74. The van der Waals surface area contributed by atoms with Crippen LogP contribution in [0.4, 0.5) is 0 Å². The van der Waals surface area contributed by atoms with Crippen molar-refractivity contribution in [2.75, 3.05) is 0 Å². The molecule has 0 atom stereocenters. The maximum atomic E-state index is 5.19. The van der Waals surface area contributed by atoms with Gasteiger partial charge >= 0.3 is 0 Å². The molecule has 586 valence electrons. The first-order valence-electron chi connectivity index (χ1n) is 42.1. The molecule has 0 saturated carbocycles. The summed E-state index contributed by atoms with van der Waals surface area (Å²) in [5, 5.41) is 16.8. The van der Waals surface area contributed by atoms with Crippen LogP contribution in [0.2, 0.25) is 0 Å². The van der Waals surface area contributed by atoms with Crippen molar-refractivity contribution in [3.63, 3.8) is 0 Å². The molecule has 9 nitrogen and oxygen atoms in total. The van der Waals surface area contributed by atoms with Gasteiger partial charge in [0.25, 0.3) is 0 Å². The highest BCUT2D eigenvalue weighted by Crippen LogP contribution is 2.50. The summed E-state index contributed by atoms with van der Waals surface area (Å²) < 4.78 is 9.19. The van der Waals surface area contributed by atoms with Crippen LogP contribution in [0.1, 0.15) is 7.43 Å². The van der Waals surface area contributed by atoms with Crippen molar-refractivity contribution < 1.29 is 0 Å². The fraction of sp³-hybridized carbons (Fsp3) is 0.00862. The van der Waals surface area contributed by atoms with Gasteiger partial charge in [-0.05, 0) is 178 Å². The molecule has 9 heteroatoms. The third-order valence-electron chi connectivity index (χ3n) is 24.8. The molecule has 0 N–H and O–H groups in total. The van der Waals surface area contributed by atoms with Crippen LogP contribution in [0.3, 0.4) is 0 Å². The van der Waals surface area contributed by atoms with E-state index >= 15 is 0 Å². The number of fused-ring (bicyclic) bond motifs is 15. The molecule has 0 amide bonds. The van der Waals surface area contributed by atoms with Gasteiger partial charge < -0.3 is 9.13 Å². The molecule has 0 saturated heterocycles. The molecular weight excluding hydrogens is 1520 g/mol. The molecule has 0 aliphatic rings. The van der Waals surface area contributed by atoms with Crippen molar-refractivity contribution in [2.24, 2.45) is 0 Å². The number of hydrogen-bond donors (Lipinski definition) is 0. The number of hydrogen-bond acceptors (Lipinski definition) is 5. The molecule has 0 spiro atoms. The van der Waals surface area contributed by atoms with E-state index < -0.39 is 0 Å². The number of pyridine rings is 3. The van der Waals surface area contributed by atoms with Gasteiger partial charge in [0, 0.05) is 103 Å². The first-order chi connectivity index (χ1) is 61.5. The average molecular weight is 1600 g/mol. The van der Waals surface area contributed by atoms with Crippen molar-refractivity contribution in [1.29, 1.82) is 0 Å². The Morgan fingerprint density at radius 1 is 0.216 bits per heavy atom. The molecule has 17 aromatic carbocycles. The van der Waals surface area contributed by atoms with Crippen molar-refractivity contribution in [3.05, 3.63) is 443 Å². The summed E-state index contributed by atoms with van der Waals surface area (Å²) >= 11 is 0. The molecule has 0 aliphatic carbocycles. The van der Waals surface area contributed by atoms with Crippen LogP contribution in [-0.2, 0) is 0 Å². The number of benzene rings is 17. The second-order valence-corrected chi connectivity index (χ2v) is 31.9. The maximum absolute atomic E-state index is 5.19. The highest BCUT2D eigenvalue weighted by atomic mass is 15.1. The average Bonchev–Trinajstić information content (AvgIpc) is 1.57. The van der Waals surface area contributed by atoms with E-state index in [1.807, 2.05) is 42.9 Å². The van der Waals surface area contributed by atoms with Gasteiger partial charge in [0.1, 0.15) is 5.65 Å².